The highest BCUT2D eigenvalue weighted by Gasteiger charge is 2.06. The van der Waals surface area contributed by atoms with E-state index >= 15 is 0 Å². The molecular formula is C18H24N2O. The Hall–Kier alpha value is -1.87. The van der Waals surface area contributed by atoms with Crippen molar-refractivity contribution in [1.29, 1.82) is 0 Å². The molecular weight excluding hydrogens is 260 g/mol. The predicted octanol–water partition coefficient (Wildman–Crippen LogP) is 3.48. The number of aromatic nitrogens is 1. The highest BCUT2D eigenvalue weighted by atomic mass is 16.5. The van der Waals surface area contributed by atoms with E-state index in [-0.39, 0.29) is 6.04 Å². The largest absolute Gasteiger partial charge is 0.487 e. The summed E-state index contributed by atoms with van der Waals surface area (Å²) < 4.78 is 5.86. The second kappa shape index (κ2) is 6.72. The van der Waals surface area contributed by atoms with Crippen molar-refractivity contribution in [3.63, 3.8) is 0 Å². The highest BCUT2D eigenvalue weighted by molar-refractivity contribution is 5.37. The number of hydrogen-bond acceptors (Lipinski definition) is 3. The fourth-order valence-corrected chi connectivity index (χ4v) is 2.54. The van der Waals surface area contributed by atoms with E-state index in [4.69, 9.17) is 10.5 Å². The summed E-state index contributed by atoms with van der Waals surface area (Å²) in [5, 5.41) is 0. The SMILES string of the molecule is Cc1cc(C)c(COc2ccc(CC(C)N)nc2)c(C)c1. The smallest absolute Gasteiger partial charge is 0.138 e. The summed E-state index contributed by atoms with van der Waals surface area (Å²) in [5.74, 6) is 0.794. The molecule has 0 amide bonds. The summed E-state index contributed by atoms with van der Waals surface area (Å²) >= 11 is 0. The van der Waals surface area contributed by atoms with Gasteiger partial charge >= 0.3 is 0 Å². The third-order valence-corrected chi connectivity index (χ3v) is 3.55. The van der Waals surface area contributed by atoms with E-state index in [2.05, 4.69) is 37.9 Å². The third-order valence-electron chi connectivity index (χ3n) is 3.55. The topological polar surface area (TPSA) is 48.1 Å². The van der Waals surface area contributed by atoms with Crippen LogP contribution in [0.1, 0.15) is 34.9 Å². The molecule has 0 aliphatic carbocycles. The number of nitrogens with zero attached hydrogens (tertiary/aromatic N) is 1. The third kappa shape index (κ3) is 4.30. The minimum Gasteiger partial charge on any atom is -0.487 e. The van der Waals surface area contributed by atoms with E-state index in [9.17, 15) is 0 Å². The van der Waals surface area contributed by atoms with Gasteiger partial charge in [-0.1, -0.05) is 17.7 Å². The number of ether oxygens (including phenoxy) is 1. The summed E-state index contributed by atoms with van der Waals surface area (Å²) in [6.07, 6.45) is 2.56. The Morgan fingerprint density at radius 2 is 1.81 bits per heavy atom. The molecule has 0 bridgehead atoms. The molecule has 0 saturated heterocycles. The number of rotatable bonds is 5. The first-order chi connectivity index (χ1) is 9.95. The summed E-state index contributed by atoms with van der Waals surface area (Å²) in [6, 6.07) is 8.45. The maximum Gasteiger partial charge on any atom is 0.138 e. The van der Waals surface area contributed by atoms with E-state index in [1.54, 1.807) is 6.20 Å². The fourth-order valence-electron chi connectivity index (χ4n) is 2.54. The van der Waals surface area contributed by atoms with Gasteiger partial charge in [0.1, 0.15) is 12.4 Å². The number of nitrogens with two attached hydrogens (primary N) is 1. The molecule has 3 nitrogen and oxygen atoms in total. The van der Waals surface area contributed by atoms with Gasteiger partial charge in [0.25, 0.3) is 0 Å². The molecule has 1 atom stereocenters. The van der Waals surface area contributed by atoms with Crippen LogP contribution in [0.25, 0.3) is 0 Å². The van der Waals surface area contributed by atoms with Crippen molar-refractivity contribution in [2.24, 2.45) is 5.73 Å². The molecule has 1 heterocycles. The van der Waals surface area contributed by atoms with Crippen LogP contribution >= 0.6 is 0 Å². The van der Waals surface area contributed by atoms with Crippen LogP contribution in [0.15, 0.2) is 30.5 Å². The predicted molar refractivity (Wildman–Crippen MR) is 86.6 cm³/mol. The highest BCUT2D eigenvalue weighted by Crippen LogP contribution is 2.19. The van der Waals surface area contributed by atoms with Crippen LogP contribution in [0.3, 0.4) is 0 Å². The van der Waals surface area contributed by atoms with Crippen LogP contribution in [-0.2, 0) is 13.0 Å². The first kappa shape index (κ1) is 15.5. The zero-order valence-electron chi connectivity index (χ0n) is 13.3. The molecule has 0 aliphatic heterocycles. The van der Waals surface area contributed by atoms with Gasteiger partial charge in [-0.05, 0) is 56.5 Å². The molecule has 0 aliphatic rings. The summed E-state index contributed by atoms with van der Waals surface area (Å²) in [4.78, 5) is 4.39. The number of hydrogen-bond donors (Lipinski definition) is 1. The minimum atomic E-state index is 0.127. The maximum atomic E-state index is 5.86. The van der Waals surface area contributed by atoms with Crippen LogP contribution in [0.5, 0.6) is 5.75 Å². The van der Waals surface area contributed by atoms with Gasteiger partial charge in [0, 0.05) is 18.2 Å². The Morgan fingerprint density at radius 3 is 2.33 bits per heavy atom. The van der Waals surface area contributed by atoms with E-state index < -0.39 is 0 Å². The maximum absolute atomic E-state index is 5.86. The molecule has 0 saturated carbocycles. The Balaban J connectivity index is 2.03. The van der Waals surface area contributed by atoms with Gasteiger partial charge < -0.3 is 10.5 Å². The van der Waals surface area contributed by atoms with Crippen molar-refractivity contribution in [2.45, 2.75) is 46.8 Å². The lowest BCUT2D eigenvalue weighted by atomic mass is 10.0. The normalized spacial score (nSPS) is 12.2. The molecule has 0 spiro atoms. The van der Waals surface area contributed by atoms with Gasteiger partial charge in [0.15, 0.2) is 0 Å². The van der Waals surface area contributed by atoms with Crippen LogP contribution in [0, 0.1) is 20.8 Å². The van der Waals surface area contributed by atoms with Crippen LogP contribution < -0.4 is 10.5 Å². The van der Waals surface area contributed by atoms with E-state index in [0.717, 1.165) is 17.9 Å². The van der Waals surface area contributed by atoms with Crippen molar-refractivity contribution in [2.75, 3.05) is 0 Å². The Kier molecular flexibility index (Phi) is 4.97. The molecule has 2 rings (SSSR count). The Morgan fingerprint density at radius 1 is 1.14 bits per heavy atom. The van der Waals surface area contributed by atoms with Crippen molar-refractivity contribution >= 4 is 0 Å². The zero-order valence-corrected chi connectivity index (χ0v) is 13.3. The van der Waals surface area contributed by atoms with E-state index in [1.165, 1.54) is 22.3 Å². The molecule has 2 aromatic rings. The van der Waals surface area contributed by atoms with Gasteiger partial charge in [-0.3, -0.25) is 4.98 Å². The molecule has 1 aromatic heterocycles. The van der Waals surface area contributed by atoms with Crippen LogP contribution in [-0.4, -0.2) is 11.0 Å². The average Bonchev–Trinajstić information content (AvgIpc) is 2.38. The van der Waals surface area contributed by atoms with Crippen LogP contribution in [0.4, 0.5) is 0 Å². The Labute approximate surface area is 127 Å². The number of pyridine rings is 1. The molecule has 0 fully saturated rings. The molecule has 1 unspecified atom stereocenters. The summed E-state index contributed by atoms with van der Waals surface area (Å²) in [6.45, 7) is 8.93. The van der Waals surface area contributed by atoms with E-state index in [0.29, 0.717) is 6.61 Å². The lowest BCUT2D eigenvalue weighted by molar-refractivity contribution is 0.303. The molecule has 0 radical (unpaired) electrons. The molecule has 21 heavy (non-hydrogen) atoms. The zero-order chi connectivity index (χ0) is 15.4. The quantitative estimate of drug-likeness (QED) is 0.914. The average molecular weight is 284 g/mol. The molecule has 3 heteroatoms. The first-order valence-electron chi connectivity index (χ1n) is 7.35. The molecule has 112 valence electrons. The van der Waals surface area contributed by atoms with Gasteiger partial charge in [-0.15, -0.1) is 0 Å². The standard InChI is InChI=1S/C18H24N2O/c1-12-7-13(2)18(14(3)8-12)11-21-17-6-5-16(20-10-17)9-15(4)19/h5-8,10,15H,9,11,19H2,1-4H3. The second-order valence-corrected chi connectivity index (χ2v) is 5.83. The second-order valence-electron chi connectivity index (χ2n) is 5.83. The summed E-state index contributed by atoms with van der Waals surface area (Å²) in [5.41, 5.74) is 11.9. The van der Waals surface area contributed by atoms with Crippen molar-refractivity contribution < 1.29 is 4.74 Å². The fraction of sp³-hybridized carbons (Fsp3) is 0.389. The lowest BCUT2D eigenvalue weighted by Gasteiger charge is -2.13. The summed E-state index contributed by atoms with van der Waals surface area (Å²) in [7, 11) is 0. The van der Waals surface area contributed by atoms with Crippen molar-refractivity contribution in [3.8, 4) is 5.75 Å². The van der Waals surface area contributed by atoms with Gasteiger partial charge in [0.05, 0.1) is 6.20 Å². The first-order valence-corrected chi connectivity index (χ1v) is 7.35. The van der Waals surface area contributed by atoms with Crippen molar-refractivity contribution in [1.82, 2.24) is 4.98 Å². The monoisotopic (exact) mass is 284 g/mol. The van der Waals surface area contributed by atoms with Gasteiger partial charge in [-0.25, -0.2) is 0 Å². The number of aryl methyl sites for hydroxylation is 3. The van der Waals surface area contributed by atoms with Gasteiger partial charge in [0.2, 0.25) is 0 Å². The number of benzene rings is 1. The van der Waals surface area contributed by atoms with E-state index in [1.807, 2.05) is 19.1 Å². The molecule has 1 aromatic carbocycles. The Bertz CT molecular complexity index is 580. The minimum absolute atomic E-state index is 0.127. The van der Waals surface area contributed by atoms with Crippen molar-refractivity contribution in [3.05, 3.63) is 58.4 Å². The lowest BCUT2D eigenvalue weighted by Crippen LogP contribution is -2.18. The van der Waals surface area contributed by atoms with Crippen LogP contribution in [0.2, 0.25) is 0 Å². The van der Waals surface area contributed by atoms with Gasteiger partial charge in [-0.2, -0.15) is 0 Å². The molecule has 2 N–H and O–H groups in total.